The van der Waals surface area contributed by atoms with E-state index in [0.29, 0.717) is 28.1 Å². The number of carbonyl (C=O) groups is 2. The van der Waals surface area contributed by atoms with Gasteiger partial charge in [-0.15, -0.1) is 0 Å². The summed E-state index contributed by atoms with van der Waals surface area (Å²) in [6.45, 7) is 0. The van der Waals surface area contributed by atoms with Crippen LogP contribution in [-0.4, -0.2) is 16.4 Å². The minimum atomic E-state index is -0.365. The largest absolute Gasteiger partial charge is 0.308 e. The Balaban J connectivity index is 1.22. The Morgan fingerprint density at radius 3 is 1.90 bits per heavy atom. The average Bonchev–Trinajstić information content (AvgIpc) is 3.65. The lowest BCUT2D eigenvalue weighted by molar-refractivity contribution is 0.0926. The number of aromatic nitrogens is 1. The van der Waals surface area contributed by atoms with Crippen LogP contribution in [0.25, 0.3) is 60.9 Å². The number of para-hydroxylation sites is 1. The summed E-state index contributed by atoms with van der Waals surface area (Å²) < 4.78 is 2.08. The molecule has 0 atom stereocenters. The third-order valence-corrected chi connectivity index (χ3v) is 9.59. The monoisotopic (exact) mass is 641 g/mol. The van der Waals surface area contributed by atoms with Gasteiger partial charge in [0.1, 0.15) is 0 Å². The zero-order valence-electron chi connectivity index (χ0n) is 26.7. The summed E-state index contributed by atoms with van der Waals surface area (Å²) in [4.78, 5) is 30.4. The number of nitriles is 1. The van der Waals surface area contributed by atoms with Crippen LogP contribution in [0.2, 0.25) is 0 Å². The Labute approximate surface area is 288 Å². The summed E-state index contributed by atoms with van der Waals surface area (Å²) in [6.07, 6.45) is 0. The molecule has 0 N–H and O–H groups in total. The van der Waals surface area contributed by atoms with E-state index in [9.17, 15) is 14.9 Å². The van der Waals surface area contributed by atoms with Gasteiger partial charge in [0, 0.05) is 16.3 Å². The predicted octanol–water partition coefficient (Wildman–Crippen LogP) is 10.5. The molecule has 1 aliphatic heterocycles. The highest BCUT2D eigenvalue weighted by Crippen LogP contribution is 2.42. The second-order valence-electron chi connectivity index (χ2n) is 12.4. The molecule has 7 aromatic carbocycles. The lowest BCUT2D eigenvalue weighted by Crippen LogP contribution is -2.30. The van der Waals surface area contributed by atoms with Crippen LogP contribution in [0.15, 0.2) is 164 Å². The number of rotatable bonds is 5. The van der Waals surface area contributed by atoms with Crippen molar-refractivity contribution in [3.63, 3.8) is 0 Å². The van der Waals surface area contributed by atoms with Gasteiger partial charge in [0.15, 0.2) is 0 Å². The molecule has 50 heavy (non-hydrogen) atoms. The van der Waals surface area contributed by atoms with Crippen LogP contribution in [0.3, 0.4) is 0 Å². The maximum atomic E-state index is 14.7. The molecule has 0 radical (unpaired) electrons. The Morgan fingerprint density at radius 2 is 1.10 bits per heavy atom. The molecule has 1 aliphatic rings. The highest BCUT2D eigenvalue weighted by Gasteiger charge is 2.40. The van der Waals surface area contributed by atoms with E-state index in [0.717, 1.165) is 55.2 Å². The summed E-state index contributed by atoms with van der Waals surface area (Å²) in [5.41, 5.74) is 9.86. The van der Waals surface area contributed by atoms with E-state index < -0.39 is 0 Å². The molecule has 0 bridgehead atoms. The summed E-state index contributed by atoms with van der Waals surface area (Å²) in [5, 5.41) is 11.8. The molecule has 5 nitrogen and oxygen atoms in total. The Kier molecular flexibility index (Phi) is 6.75. The smallest absolute Gasteiger partial charge is 0.268 e. The molecule has 0 fully saturated rings. The minimum absolute atomic E-state index is 0.354. The van der Waals surface area contributed by atoms with Crippen molar-refractivity contribution in [3.05, 3.63) is 180 Å². The number of anilines is 1. The molecular weight excluding hydrogens is 615 g/mol. The molecule has 0 spiro atoms. The number of imide groups is 1. The lowest BCUT2D eigenvalue weighted by atomic mass is 9.97. The van der Waals surface area contributed by atoms with E-state index in [4.69, 9.17) is 0 Å². The summed E-state index contributed by atoms with van der Waals surface area (Å²) >= 11 is 0. The molecule has 2 amide bonds. The quantitative estimate of drug-likeness (QED) is 0.176. The Morgan fingerprint density at radius 1 is 0.440 bits per heavy atom. The van der Waals surface area contributed by atoms with Crippen molar-refractivity contribution in [1.82, 2.24) is 4.57 Å². The average molecular weight is 642 g/mol. The van der Waals surface area contributed by atoms with E-state index in [1.165, 1.54) is 4.90 Å². The highest BCUT2D eigenvalue weighted by atomic mass is 16.2. The van der Waals surface area contributed by atoms with Crippen molar-refractivity contribution in [2.24, 2.45) is 0 Å². The van der Waals surface area contributed by atoms with Crippen LogP contribution >= 0.6 is 0 Å². The van der Waals surface area contributed by atoms with Crippen molar-refractivity contribution in [2.75, 3.05) is 4.90 Å². The first-order chi connectivity index (χ1) is 24.6. The molecule has 234 valence electrons. The molecule has 0 saturated heterocycles. The number of hydrogen-bond acceptors (Lipinski definition) is 3. The number of benzene rings is 7. The van der Waals surface area contributed by atoms with Gasteiger partial charge in [0.05, 0.1) is 45.2 Å². The molecule has 9 rings (SSSR count). The molecule has 0 aliphatic carbocycles. The molecular formula is C45H27N3O2. The third-order valence-electron chi connectivity index (χ3n) is 9.59. The van der Waals surface area contributed by atoms with Crippen molar-refractivity contribution >= 4 is 39.3 Å². The number of carbonyl (C=O) groups excluding carboxylic acids is 2. The van der Waals surface area contributed by atoms with Crippen LogP contribution < -0.4 is 4.90 Å². The Bertz CT molecular complexity index is 2700. The second kappa shape index (κ2) is 11.6. The first-order valence-electron chi connectivity index (χ1n) is 16.4. The summed E-state index contributed by atoms with van der Waals surface area (Å²) in [7, 11) is 0. The topological polar surface area (TPSA) is 66.1 Å². The number of amides is 2. The van der Waals surface area contributed by atoms with E-state index in [1.807, 2.05) is 127 Å². The summed E-state index contributed by atoms with van der Waals surface area (Å²) in [5.74, 6) is -0.719. The number of hydrogen-bond donors (Lipinski definition) is 0. The van der Waals surface area contributed by atoms with Gasteiger partial charge in [0.2, 0.25) is 0 Å². The highest BCUT2D eigenvalue weighted by molar-refractivity contribution is 6.36. The second-order valence-corrected chi connectivity index (χ2v) is 12.4. The SMILES string of the molecule is N#Cc1ccccc1-c1ccc2c(c1)c1ccccc1n2-c1cccc2c1C(=O)N(c1ccc(-c3ccccc3)cc1-c1ccccc1)C2=O. The maximum absolute atomic E-state index is 14.7. The van der Waals surface area contributed by atoms with Gasteiger partial charge in [-0.2, -0.15) is 5.26 Å². The van der Waals surface area contributed by atoms with E-state index in [2.05, 4.69) is 41.0 Å². The van der Waals surface area contributed by atoms with Gasteiger partial charge in [-0.3, -0.25) is 9.59 Å². The fourth-order valence-corrected chi connectivity index (χ4v) is 7.30. The van der Waals surface area contributed by atoms with Crippen LogP contribution in [-0.2, 0) is 0 Å². The van der Waals surface area contributed by atoms with Gasteiger partial charge in [-0.25, -0.2) is 4.90 Å². The lowest BCUT2D eigenvalue weighted by Gasteiger charge is -2.20. The van der Waals surface area contributed by atoms with Gasteiger partial charge < -0.3 is 4.57 Å². The van der Waals surface area contributed by atoms with Crippen LogP contribution in [0, 0.1) is 11.3 Å². The molecule has 5 heteroatoms. The Hall–Kier alpha value is -7.03. The molecule has 0 unspecified atom stereocenters. The van der Waals surface area contributed by atoms with Gasteiger partial charge >= 0.3 is 0 Å². The molecule has 2 heterocycles. The van der Waals surface area contributed by atoms with Crippen LogP contribution in [0.4, 0.5) is 5.69 Å². The fourth-order valence-electron chi connectivity index (χ4n) is 7.30. The van der Waals surface area contributed by atoms with Crippen molar-refractivity contribution in [3.8, 4) is 45.1 Å². The predicted molar refractivity (Wildman–Crippen MR) is 199 cm³/mol. The van der Waals surface area contributed by atoms with Crippen molar-refractivity contribution < 1.29 is 9.59 Å². The van der Waals surface area contributed by atoms with Crippen molar-refractivity contribution in [2.45, 2.75) is 0 Å². The van der Waals surface area contributed by atoms with Crippen LogP contribution in [0.5, 0.6) is 0 Å². The van der Waals surface area contributed by atoms with Gasteiger partial charge in [-0.05, 0) is 76.3 Å². The van der Waals surface area contributed by atoms with Crippen LogP contribution in [0.1, 0.15) is 26.3 Å². The maximum Gasteiger partial charge on any atom is 0.268 e. The standard InChI is InChI=1S/C45H27N3O2/c46-28-33-16-7-8-17-34(33)32-23-25-41-38(27-32)35-18-9-10-20-39(35)47(41)42-21-11-19-36-43(42)45(50)48(44(36)49)40-24-22-31(29-12-3-1-4-13-29)26-37(40)30-14-5-2-6-15-30/h1-27H. The number of fused-ring (bicyclic) bond motifs is 4. The molecule has 0 saturated carbocycles. The van der Waals surface area contributed by atoms with Gasteiger partial charge in [0.25, 0.3) is 11.8 Å². The van der Waals surface area contributed by atoms with E-state index in [-0.39, 0.29) is 11.8 Å². The normalized spacial score (nSPS) is 12.4. The number of nitrogens with zero attached hydrogens (tertiary/aromatic N) is 3. The van der Waals surface area contributed by atoms with Crippen molar-refractivity contribution in [1.29, 1.82) is 5.26 Å². The van der Waals surface area contributed by atoms with Gasteiger partial charge in [-0.1, -0.05) is 115 Å². The fraction of sp³-hybridized carbons (Fsp3) is 0. The molecule has 8 aromatic rings. The first kappa shape index (κ1) is 29.1. The summed E-state index contributed by atoms with van der Waals surface area (Å²) in [6, 6.07) is 55.5. The zero-order chi connectivity index (χ0) is 33.8. The third kappa shape index (κ3) is 4.47. The minimum Gasteiger partial charge on any atom is -0.308 e. The van der Waals surface area contributed by atoms with E-state index >= 15 is 0 Å². The van der Waals surface area contributed by atoms with E-state index in [1.54, 1.807) is 6.07 Å². The first-order valence-corrected chi connectivity index (χ1v) is 16.4. The zero-order valence-corrected chi connectivity index (χ0v) is 26.7. The molecule has 1 aromatic heterocycles.